The van der Waals surface area contributed by atoms with Crippen LogP contribution in [0.4, 0.5) is 4.79 Å². The third kappa shape index (κ3) is 6.97. The number of benzene rings is 2. The molecular weight excluding hydrogens is 432 g/mol. The number of nitrogens with one attached hydrogen (secondary N) is 2. The van der Waals surface area contributed by atoms with Crippen molar-refractivity contribution in [3.8, 4) is 5.75 Å². The summed E-state index contributed by atoms with van der Waals surface area (Å²) in [4.78, 5) is 41.8. The number of nitrogens with zero attached hydrogens (tertiary/aromatic N) is 2. The fraction of sp³-hybridized carbons (Fsp3) is 0.423. The zero-order valence-electron chi connectivity index (χ0n) is 20.1. The fourth-order valence-corrected chi connectivity index (χ4v) is 3.93. The smallest absolute Gasteiger partial charge is 0.315 e. The largest absolute Gasteiger partial charge is 0.497 e. The Balaban J connectivity index is 1.49. The van der Waals surface area contributed by atoms with Gasteiger partial charge in [-0.15, -0.1) is 0 Å². The summed E-state index contributed by atoms with van der Waals surface area (Å²) in [6, 6.07) is 16.1. The Kier molecular flexibility index (Phi) is 8.90. The van der Waals surface area contributed by atoms with Gasteiger partial charge < -0.3 is 25.2 Å². The molecular formula is C26H34N4O4. The van der Waals surface area contributed by atoms with Crippen molar-refractivity contribution in [2.24, 2.45) is 5.92 Å². The van der Waals surface area contributed by atoms with Gasteiger partial charge in [0.15, 0.2) is 0 Å². The van der Waals surface area contributed by atoms with Crippen LogP contribution in [0.5, 0.6) is 5.75 Å². The van der Waals surface area contributed by atoms with Crippen LogP contribution in [-0.4, -0.2) is 67.0 Å². The average Bonchev–Trinajstić information content (AvgIpc) is 2.86. The number of ether oxygens (including phenoxy) is 1. The topological polar surface area (TPSA) is 91.0 Å². The zero-order chi connectivity index (χ0) is 24.5. The highest BCUT2D eigenvalue weighted by Gasteiger charge is 2.31. The molecule has 0 radical (unpaired) electrons. The van der Waals surface area contributed by atoms with Gasteiger partial charge >= 0.3 is 6.03 Å². The molecule has 0 bridgehead atoms. The minimum atomic E-state index is -0.630. The molecule has 1 fully saturated rings. The monoisotopic (exact) mass is 466 g/mol. The lowest BCUT2D eigenvalue weighted by Crippen LogP contribution is -2.58. The van der Waals surface area contributed by atoms with Gasteiger partial charge in [-0.05, 0) is 29.2 Å². The summed E-state index contributed by atoms with van der Waals surface area (Å²) in [5, 5.41) is 5.64. The Hall–Kier alpha value is -3.55. The van der Waals surface area contributed by atoms with Crippen LogP contribution in [0, 0.1) is 5.92 Å². The van der Waals surface area contributed by atoms with Crippen molar-refractivity contribution in [3.05, 3.63) is 65.7 Å². The number of carbonyl (C=O) groups excluding carboxylic acids is 3. The highest BCUT2D eigenvalue weighted by Crippen LogP contribution is 2.15. The molecule has 4 amide bonds. The quantitative estimate of drug-likeness (QED) is 0.625. The Morgan fingerprint density at radius 3 is 2.21 bits per heavy atom. The molecule has 8 nitrogen and oxygen atoms in total. The summed E-state index contributed by atoms with van der Waals surface area (Å²) < 4.78 is 5.23. The van der Waals surface area contributed by atoms with Crippen molar-refractivity contribution in [2.75, 3.05) is 33.3 Å². The van der Waals surface area contributed by atoms with Crippen molar-refractivity contribution in [1.82, 2.24) is 20.4 Å². The van der Waals surface area contributed by atoms with Crippen LogP contribution in [0.2, 0.25) is 0 Å². The zero-order valence-corrected chi connectivity index (χ0v) is 20.1. The van der Waals surface area contributed by atoms with Crippen molar-refractivity contribution in [1.29, 1.82) is 0 Å². The number of amides is 4. The first-order chi connectivity index (χ1) is 16.4. The minimum Gasteiger partial charge on any atom is -0.497 e. The first kappa shape index (κ1) is 25.1. The molecule has 1 aliphatic heterocycles. The third-order valence-electron chi connectivity index (χ3n) is 5.95. The summed E-state index contributed by atoms with van der Waals surface area (Å²) in [6.45, 7) is 6.04. The molecule has 1 unspecified atom stereocenters. The molecule has 1 heterocycles. The molecule has 1 atom stereocenters. The first-order valence-corrected chi connectivity index (χ1v) is 11.6. The summed E-state index contributed by atoms with van der Waals surface area (Å²) >= 11 is 0. The van der Waals surface area contributed by atoms with Crippen molar-refractivity contribution >= 4 is 17.8 Å². The van der Waals surface area contributed by atoms with E-state index in [1.807, 2.05) is 68.4 Å². The molecule has 0 aromatic heterocycles. The Morgan fingerprint density at radius 2 is 1.56 bits per heavy atom. The van der Waals surface area contributed by atoms with E-state index in [9.17, 15) is 14.4 Å². The van der Waals surface area contributed by atoms with Gasteiger partial charge in [-0.1, -0.05) is 56.3 Å². The summed E-state index contributed by atoms with van der Waals surface area (Å²) in [7, 11) is 1.60. The molecule has 2 aromatic carbocycles. The maximum Gasteiger partial charge on any atom is 0.315 e. The van der Waals surface area contributed by atoms with Crippen LogP contribution in [0.25, 0.3) is 0 Å². The third-order valence-corrected chi connectivity index (χ3v) is 5.95. The fourth-order valence-electron chi connectivity index (χ4n) is 3.93. The summed E-state index contributed by atoms with van der Waals surface area (Å²) in [5.74, 6) is 0.562. The number of hydrogen-bond acceptors (Lipinski definition) is 4. The Morgan fingerprint density at radius 1 is 0.912 bits per heavy atom. The molecule has 2 N–H and O–H groups in total. The molecule has 0 spiro atoms. The maximum atomic E-state index is 13.2. The van der Waals surface area contributed by atoms with Gasteiger partial charge in [-0.3, -0.25) is 9.59 Å². The second-order valence-corrected chi connectivity index (χ2v) is 8.77. The first-order valence-electron chi connectivity index (χ1n) is 11.6. The van der Waals surface area contributed by atoms with E-state index in [0.717, 1.165) is 16.9 Å². The number of rotatable bonds is 8. The SMILES string of the molecule is COc1cccc(CC(=O)N2CCN(C(=O)C(NC(=O)NCc3ccccc3)C(C)C)CC2)c1. The Labute approximate surface area is 201 Å². The standard InChI is InChI=1S/C26H34N4O4/c1-19(2)24(28-26(33)27-18-20-8-5-4-6-9-20)25(32)30-14-12-29(13-15-30)23(31)17-21-10-7-11-22(16-21)34-3/h4-11,16,19,24H,12-15,17-18H2,1-3H3,(H2,27,28,33). The maximum absolute atomic E-state index is 13.2. The average molecular weight is 467 g/mol. The predicted octanol–water partition coefficient (Wildman–Crippen LogP) is 2.43. The van der Waals surface area contributed by atoms with E-state index in [0.29, 0.717) is 39.1 Å². The molecule has 34 heavy (non-hydrogen) atoms. The molecule has 3 rings (SSSR count). The summed E-state index contributed by atoms with van der Waals surface area (Å²) in [6.07, 6.45) is 0.295. The van der Waals surface area contributed by atoms with Crippen LogP contribution in [0.3, 0.4) is 0 Å². The van der Waals surface area contributed by atoms with E-state index in [-0.39, 0.29) is 23.8 Å². The van der Waals surface area contributed by atoms with Gasteiger partial charge in [-0.25, -0.2) is 4.79 Å². The van der Waals surface area contributed by atoms with Gasteiger partial charge in [0.2, 0.25) is 11.8 Å². The predicted molar refractivity (Wildman–Crippen MR) is 130 cm³/mol. The van der Waals surface area contributed by atoms with E-state index in [4.69, 9.17) is 4.74 Å². The lowest BCUT2D eigenvalue weighted by Gasteiger charge is -2.37. The second-order valence-electron chi connectivity index (χ2n) is 8.77. The normalized spacial score (nSPS) is 14.5. The Bertz CT molecular complexity index is 972. The van der Waals surface area contributed by atoms with Gasteiger partial charge in [-0.2, -0.15) is 0 Å². The molecule has 0 saturated carbocycles. The van der Waals surface area contributed by atoms with Crippen LogP contribution < -0.4 is 15.4 Å². The van der Waals surface area contributed by atoms with Crippen LogP contribution in [0.1, 0.15) is 25.0 Å². The molecule has 8 heteroatoms. The van der Waals surface area contributed by atoms with Gasteiger partial charge in [0.1, 0.15) is 11.8 Å². The van der Waals surface area contributed by atoms with Gasteiger partial charge in [0.25, 0.3) is 0 Å². The highest BCUT2D eigenvalue weighted by atomic mass is 16.5. The van der Waals surface area contributed by atoms with E-state index < -0.39 is 6.04 Å². The number of piperazine rings is 1. The van der Waals surface area contributed by atoms with Gasteiger partial charge in [0, 0.05) is 32.7 Å². The molecule has 182 valence electrons. The van der Waals surface area contributed by atoms with Crippen LogP contribution >= 0.6 is 0 Å². The van der Waals surface area contributed by atoms with Crippen LogP contribution in [-0.2, 0) is 22.6 Å². The van der Waals surface area contributed by atoms with E-state index in [1.54, 1.807) is 16.9 Å². The number of carbonyl (C=O) groups is 3. The van der Waals surface area contributed by atoms with Crippen molar-refractivity contribution in [2.45, 2.75) is 32.9 Å². The summed E-state index contributed by atoms with van der Waals surface area (Å²) in [5.41, 5.74) is 1.88. The van der Waals surface area contributed by atoms with Crippen molar-refractivity contribution in [3.63, 3.8) is 0 Å². The van der Waals surface area contributed by atoms with Crippen molar-refractivity contribution < 1.29 is 19.1 Å². The molecule has 2 aromatic rings. The van der Waals surface area contributed by atoms with Crippen LogP contribution in [0.15, 0.2) is 54.6 Å². The number of methoxy groups -OCH3 is 1. The lowest BCUT2D eigenvalue weighted by molar-refractivity contribution is -0.141. The van der Waals surface area contributed by atoms with E-state index >= 15 is 0 Å². The lowest BCUT2D eigenvalue weighted by atomic mass is 10.0. The molecule has 1 saturated heterocycles. The van der Waals surface area contributed by atoms with Gasteiger partial charge in [0.05, 0.1) is 13.5 Å². The highest BCUT2D eigenvalue weighted by molar-refractivity contribution is 5.87. The number of urea groups is 1. The molecule has 0 aliphatic carbocycles. The minimum absolute atomic E-state index is 0.0270. The van der Waals surface area contributed by atoms with E-state index in [1.165, 1.54) is 0 Å². The van der Waals surface area contributed by atoms with E-state index in [2.05, 4.69) is 10.6 Å². The second kappa shape index (κ2) is 12.1. The number of hydrogen-bond donors (Lipinski definition) is 2. The molecule has 1 aliphatic rings.